The molecule has 0 unspecified atom stereocenters. The first-order chi connectivity index (χ1) is 6.77. The van der Waals surface area contributed by atoms with Crippen molar-refractivity contribution in [3.05, 3.63) is 46.2 Å². The second-order valence-corrected chi connectivity index (χ2v) is 3.61. The highest BCUT2D eigenvalue weighted by Gasteiger charge is 2.02. The Labute approximate surface area is 91.6 Å². The Morgan fingerprint density at radius 1 is 1.21 bits per heavy atom. The van der Waals surface area contributed by atoms with Gasteiger partial charge in [0.15, 0.2) is 0 Å². The summed E-state index contributed by atoms with van der Waals surface area (Å²) < 4.78 is 0.648. The fraction of sp³-hybridized carbons (Fsp3) is 0. The molecule has 14 heavy (non-hydrogen) atoms. The number of aromatic nitrogens is 2. The van der Waals surface area contributed by atoms with Crippen molar-refractivity contribution in [1.29, 1.82) is 0 Å². The molecule has 0 bridgehead atoms. The van der Waals surface area contributed by atoms with Crippen molar-refractivity contribution in [3.63, 3.8) is 0 Å². The first kappa shape index (κ1) is 9.37. The largest absolute Gasteiger partial charge is 0.331 e. The van der Waals surface area contributed by atoms with Crippen LogP contribution in [0, 0.1) is 4.64 Å². The molecule has 0 saturated carbocycles. The second-order valence-electron chi connectivity index (χ2n) is 2.76. The van der Waals surface area contributed by atoms with Crippen molar-refractivity contribution in [2.75, 3.05) is 0 Å². The van der Waals surface area contributed by atoms with Crippen LogP contribution in [-0.4, -0.2) is 9.97 Å². The fourth-order valence-corrected chi connectivity index (χ4v) is 1.54. The summed E-state index contributed by atoms with van der Waals surface area (Å²) in [6.07, 6.45) is 1.66. The molecule has 0 atom stereocenters. The SMILES string of the molecule is S=c1ccnc(-c2ccccc2Cl)[nH]1. The highest BCUT2D eigenvalue weighted by molar-refractivity contribution is 7.71. The summed E-state index contributed by atoms with van der Waals surface area (Å²) in [5.41, 5.74) is 0.862. The molecule has 0 aliphatic heterocycles. The van der Waals surface area contributed by atoms with Crippen LogP contribution in [0.15, 0.2) is 36.5 Å². The Morgan fingerprint density at radius 2 is 2.00 bits per heavy atom. The highest BCUT2D eigenvalue weighted by Crippen LogP contribution is 2.23. The van der Waals surface area contributed by atoms with Gasteiger partial charge in [-0.2, -0.15) is 0 Å². The lowest BCUT2D eigenvalue weighted by atomic mass is 10.2. The third-order valence-electron chi connectivity index (χ3n) is 1.80. The second kappa shape index (κ2) is 3.90. The minimum atomic E-state index is 0.648. The van der Waals surface area contributed by atoms with E-state index < -0.39 is 0 Å². The van der Waals surface area contributed by atoms with E-state index in [1.54, 1.807) is 12.3 Å². The first-order valence-electron chi connectivity index (χ1n) is 4.07. The molecule has 1 heterocycles. The van der Waals surface area contributed by atoms with Crippen molar-refractivity contribution in [2.45, 2.75) is 0 Å². The van der Waals surface area contributed by atoms with Gasteiger partial charge in [0.05, 0.1) is 5.02 Å². The van der Waals surface area contributed by atoms with Crippen LogP contribution in [0.4, 0.5) is 0 Å². The van der Waals surface area contributed by atoms with Gasteiger partial charge in [0.1, 0.15) is 10.5 Å². The maximum Gasteiger partial charge on any atom is 0.139 e. The zero-order chi connectivity index (χ0) is 9.97. The van der Waals surface area contributed by atoms with Gasteiger partial charge in [-0.15, -0.1) is 0 Å². The average Bonchev–Trinajstić information content (AvgIpc) is 2.18. The van der Waals surface area contributed by atoms with Gasteiger partial charge in [0.25, 0.3) is 0 Å². The highest BCUT2D eigenvalue weighted by atomic mass is 35.5. The molecule has 70 valence electrons. The Bertz CT molecular complexity index is 507. The van der Waals surface area contributed by atoms with Crippen molar-refractivity contribution >= 4 is 23.8 Å². The van der Waals surface area contributed by atoms with Crippen LogP contribution < -0.4 is 0 Å². The van der Waals surface area contributed by atoms with Gasteiger partial charge in [-0.3, -0.25) is 0 Å². The smallest absolute Gasteiger partial charge is 0.139 e. The van der Waals surface area contributed by atoms with E-state index in [0.29, 0.717) is 15.5 Å². The minimum absolute atomic E-state index is 0.648. The summed E-state index contributed by atoms with van der Waals surface area (Å²) in [6.45, 7) is 0. The van der Waals surface area contributed by atoms with Crippen LogP contribution in [-0.2, 0) is 0 Å². The molecule has 0 amide bonds. The number of benzene rings is 1. The van der Waals surface area contributed by atoms with E-state index in [1.165, 1.54) is 0 Å². The summed E-state index contributed by atoms with van der Waals surface area (Å²) in [6, 6.07) is 9.24. The molecule has 1 aromatic heterocycles. The first-order valence-corrected chi connectivity index (χ1v) is 4.86. The summed E-state index contributed by atoms with van der Waals surface area (Å²) in [7, 11) is 0. The van der Waals surface area contributed by atoms with Gasteiger partial charge in [0.2, 0.25) is 0 Å². The molecule has 0 saturated heterocycles. The normalized spacial score (nSPS) is 10.1. The minimum Gasteiger partial charge on any atom is -0.331 e. The maximum atomic E-state index is 6.02. The van der Waals surface area contributed by atoms with Gasteiger partial charge >= 0.3 is 0 Å². The molecule has 0 aliphatic carbocycles. The summed E-state index contributed by atoms with van der Waals surface area (Å²) >= 11 is 11.0. The molecule has 0 spiro atoms. The van der Waals surface area contributed by atoms with E-state index in [2.05, 4.69) is 9.97 Å². The molecular formula is C10H7ClN2S. The standard InChI is InChI=1S/C10H7ClN2S/c11-8-4-2-1-3-7(8)10-12-6-5-9(14)13-10/h1-6H,(H,12,13,14). The summed E-state index contributed by atoms with van der Waals surface area (Å²) in [4.78, 5) is 7.15. The molecule has 0 radical (unpaired) electrons. The third kappa shape index (κ3) is 1.84. The van der Waals surface area contributed by atoms with Crippen molar-refractivity contribution in [3.8, 4) is 11.4 Å². The molecule has 2 aromatic rings. The number of H-pyrrole nitrogens is 1. The van der Waals surface area contributed by atoms with E-state index in [0.717, 1.165) is 5.56 Å². The van der Waals surface area contributed by atoms with Crippen LogP contribution >= 0.6 is 23.8 Å². The summed E-state index contributed by atoms with van der Waals surface area (Å²) in [5.74, 6) is 0.697. The molecule has 0 aliphatic rings. The van der Waals surface area contributed by atoms with Crippen LogP contribution in [0.2, 0.25) is 5.02 Å². The van der Waals surface area contributed by atoms with Crippen molar-refractivity contribution in [1.82, 2.24) is 9.97 Å². The number of nitrogens with zero attached hydrogens (tertiary/aromatic N) is 1. The fourth-order valence-electron chi connectivity index (χ4n) is 1.16. The number of halogens is 1. The van der Waals surface area contributed by atoms with Crippen LogP contribution in [0.25, 0.3) is 11.4 Å². The Kier molecular flexibility index (Phi) is 2.61. The number of rotatable bonds is 1. The zero-order valence-electron chi connectivity index (χ0n) is 7.20. The van der Waals surface area contributed by atoms with Gasteiger partial charge in [-0.1, -0.05) is 36.0 Å². The molecule has 2 nitrogen and oxygen atoms in total. The summed E-state index contributed by atoms with van der Waals surface area (Å²) in [5, 5.41) is 0.664. The molecule has 1 N–H and O–H groups in total. The van der Waals surface area contributed by atoms with E-state index in [-0.39, 0.29) is 0 Å². The van der Waals surface area contributed by atoms with Gasteiger partial charge < -0.3 is 4.98 Å². The zero-order valence-corrected chi connectivity index (χ0v) is 8.77. The number of nitrogens with one attached hydrogen (secondary N) is 1. The topological polar surface area (TPSA) is 28.7 Å². The van der Waals surface area contributed by atoms with Gasteiger partial charge in [0, 0.05) is 11.8 Å². The lowest BCUT2D eigenvalue weighted by molar-refractivity contribution is 1.16. The van der Waals surface area contributed by atoms with Crippen LogP contribution in [0.1, 0.15) is 0 Å². The molecule has 4 heteroatoms. The molecule has 2 rings (SSSR count). The maximum absolute atomic E-state index is 6.02. The third-order valence-corrected chi connectivity index (χ3v) is 2.37. The van der Waals surface area contributed by atoms with E-state index >= 15 is 0 Å². The average molecular weight is 223 g/mol. The van der Waals surface area contributed by atoms with Crippen molar-refractivity contribution < 1.29 is 0 Å². The van der Waals surface area contributed by atoms with E-state index in [9.17, 15) is 0 Å². The number of aromatic amines is 1. The predicted octanol–water partition coefficient (Wildman–Crippen LogP) is 3.46. The predicted molar refractivity (Wildman–Crippen MR) is 59.9 cm³/mol. The molecule has 1 aromatic carbocycles. The van der Waals surface area contributed by atoms with Crippen LogP contribution in [0.5, 0.6) is 0 Å². The van der Waals surface area contributed by atoms with Crippen LogP contribution in [0.3, 0.4) is 0 Å². The number of hydrogen-bond acceptors (Lipinski definition) is 2. The molecular weight excluding hydrogens is 216 g/mol. The monoisotopic (exact) mass is 222 g/mol. The lowest BCUT2D eigenvalue weighted by Crippen LogP contribution is -1.88. The van der Waals surface area contributed by atoms with Crippen molar-refractivity contribution in [2.24, 2.45) is 0 Å². The van der Waals surface area contributed by atoms with E-state index in [1.807, 2.05) is 24.3 Å². The van der Waals surface area contributed by atoms with Gasteiger partial charge in [-0.05, 0) is 18.2 Å². The quantitative estimate of drug-likeness (QED) is 0.749. The van der Waals surface area contributed by atoms with Gasteiger partial charge in [-0.25, -0.2) is 4.98 Å². The Hall–Kier alpha value is -1.19. The Morgan fingerprint density at radius 3 is 2.71 bits per heavy atom. The number of hydrogen-bond donors (Lipinski definition) is 1. The molecule has 0 fully saturated rings. The lowest BCUT2D eigenvalue weighted by Gasteiger charge is -2.01. The Balaban J connectivity index is 2.61. The van der Waals surface area contributed by atoms with E-state index in [4.69, 9.17) is 23.8 Å².